The second kappa shape index (κ2) is 7.47. The summed E-state index contributed by atoms with van der Waals surface area (Å²) in [5.74, 6) is 0.134. The van der Waals surface area contributed by atoms with Gasteiger partial charge in [-0.25, -0.2) is 8.42 Å². The van der Waals surface area contributed by atoms with Crippen molar-refractivity contribution in [1.82, 2.24) is 5.32 Å². The molecule has 27 heavy (non-hydrogen) atoms. The molecule has 2 aromatic carbocycles. The Morgan fingerprint density at radius 1 is 1.15 bits per heavy atom. The zero-order valence-electron chi connectivity index (χ0n) is 16.2. The molecule has 0 saturated heterocycles. The smallest absolute Gasteiger partial charge is 0.231 e. The van der Waals surface area contributed by atoms with Gasteiger partial charge in [0.1, 0.15) is 0 Å². The van der Waals surface area contributed by atoms with Gasteiger partial charge in [0.2, 0.25) is 5.91 Å². The van der Waals surface area contributed by atoms with Gasteiger partial charge in [-0.3, -0.25) is 4.79 Å². The summed E-state index contributed by atoms with van der Waals surface area (Å²) in [6.45, 7) is 5.61. The molecular weight excluding hydrogens is 358 g/mol. The standard InChI is InChI=1S/C22H27NO3S/c1-4-27(25,26)20-11-9-18(10-12-20)17(3)23-21(24)22(13-6-14-22)19-8-5-7-16(2)15-19/h5,7-12,15,17H,4,6,13-14H2,1-3H3,(H,23,24). The van der Waals surface area contributed by atoms with Crippen LogP contribution in [-0.2, 0) is 20.0 Å². The zero-order valence-corrected chi connectivity index (χ0v) is 17.0. The van der Waals surface area contributed by atoms with Crippen molar-refractivity contribution in [2.24, 2.45) is 0 Å². The number of hydrogen-bond donors (Lipinski definition) is 1. The third-order valence-corrected chi connectivity index (χ3v) is 7.43. The van der Waals surface area contributed by atoms with Crippen molar-refractivity contribution in [1.29, 1.82) is 0 Å². The molecule has 144 valence electrons. The number of nitrogens with one attached hydrogen (secondary N) is 1. The van der Waals surface area contributed by atoms with Crippen LogP contribution in [0.2, 0.25) is 0 Å². The van der Waals surface area contributed by atoms with Crippen LogP contribution in [-0.4, -0.2) is 20.1 Å². The van der Waals surface area contributed by atoms with E-state index in [1.165, 1.54) is 0 Å². The minimum atomic E-state index is -3.21. The van der Waals surface area contributed by atoms with Crippen molar-refractivity contribution < 1.29 is 13.2 Å². The molecule has 1 N–H and O–H groups in total. The van der Waals surface area contributed by atoms with Crippen LogP contribution < -0.4 is 5.32 Å². The fourth-order valence-electron chi connectivity index (χ4n) is 3.67. The molecule has 1 aliphatic carbocycles. The number of sulfone groups is 1. The Morgan fingerprint density at radius 3 is 2.33 bits per heavy atom. The van der Waals surface area contributed by atoms with Crippen LogP contribution in [0.4, 0.5) is 0 Å². The number of carbonyl (C=O) groups excluding carboxylic acids is 1. The third-order valence-electron chi connectivity index (χ3n) is 5.68. The van der Waals surface area contributed by atoms with E-state index >= 15 is 0 Å². The maximum absolute atomic E-state index is 13.1. The molecule has 4 nitrogen and oxygen atoms in total. The molecule has 0 spiro atoms. The summed E-state index contributed by atoms with van der Waals surface area (Å²) in [5, 5.41) is 3.14. The summed E-state index contributed by atoms with van der Waals surface area (Å²) in [4.78, 5) is 13.4. The van der Waals surface area contributed by atoms with Gasteiger partial charge in [-0.1, -0.05) is 55.3 Å². The molecular formula is C22H27NO3S. The van der Waals surface area contributed by atoms with E-state index in [9.17, 15) is 13.2 Å². The first-order chi connectivity index (χ1) is 12.8. The molecule has 0 radical (unpaired) electrons. The maximum Gasteiger partial charge on any atom is 0.231 e. The van der Waals surface area contributed by atoms with E-state index in [1.807, 2.05) is 32.0 Å². The summed E-state index contributed by atoms with van der Waals surface area (Å²) in [5.41, 5.74) is 2.71. The van der Waals surface area contributed by atoms with Crippen LogP contribution in [0, 0.1) is 6.92 Å². The lowest BCUT2D eigenvalue weighted by Crippen LogP contribution is -2.49. The van der Waals surface area contributed by atoms with Crippen molar-refractivity contribution in [3.63, 3.8) is 0 Å². The largest absolute Gasteiger partial charge is 0.349 e. The van der Waals surface area contributed by atoms with E-state index in [-0.39, 0.29) is 17.7 Å². The topological polar surface area (TPSA) is 63.2 Å². The average molecular weight is 386 g/mol. The summed E-state index contributed by atoms with van der Waals surface area (Å²) >= 11 is 0. The van der Waals surface area contributed by atoms with Crippen LogP contribution in [0.1, 0.15) is 55.8 Å². The van der Waals surface area contributed by atoms with Crippen molar-refractivity contribution in [2.45, 2.75) is 56.4 Å². The minimum Gasteiger partial charge on any atom is -0.349 e. The number of rotatable bonds is 6. The number of hydrogen-bond acceptors (Lipinski definition) is 3. The highest BCUT2D eigenvalue weighted by atomic mass is 32.2. The Bertz CT molecular complexity index is 928. The molecule has 0 bridgehead atoms. The van der Waals surface area contributed by atoms with Crippen molar-refractivity contribution >= 4 is 15.7 Å². The SMILES string of the molecule is CCS(=O)(=O)c1ccc(C(C)NC(=O)C2(c3cccc(C)c3)CCC2)cc1. The number of amides is 1. The number of aryl methyl sites for hydroxylation is 1. The molecule has 1 unspecified atom stereocenters. The predicted octanol–water partition coefficient (Wildman–Crippen LogP) is 4.09. The van der Waals surface area contributed by atoms with E-state index in [1.54, 1.807) is 31.2 Å². The lowest BCUT2D eigenvalue weighted by Gasteiger charge is -2.41. The van der Waals surface area contributed by atoms with Crippen LogP contribution >= 0.6 is 0 Å². The first kappa shape index (κ1) is 19.6. The van der Waals surface area contributed by atoms with E-state index in [0.717, 1.165) is 36.0 Å². The van der Waals surface area contributed by atoms with Crippen molar-refractivity contribution in [3.05, 3.63) is 65.2 Å². The molecule has 3 rings (SSSR count). The lowest BCUT2D eigenvalue weighted by atomic mass is 9.63. The van der Waals surface area contributed by atoms with Gasteiger partial charge >= 0.3 is 0 Å². The molecule has 1 saturated carbocycles. The van der Waals surface area contributed by atoms with Crippen molar-refractivity contribution in [3.8, 4) is 0 Å². The third kappa shape index (κ3) is 3.79. The predicted molar refractivity (Wildman–Crippen MR) is 107 cm³/mol. The normalized spacial score (nSPS) is 17.0. The van der Waals surface area contributed by atoms with Crippen molar-refractivity contribution in [2.75, 3.05) is 5.75 Å². The summed E-state index contributed by atoms with van der Waals surface area (Å²) in [7, 11) is -3.21. The molecule has 1 fully saturated rings. The highest BCUT2D eigenvalue weighted by Gasteiger charge is 2.45. The van der Waals surface area contributed by atoms with Gasteiger partial charge in [-0.05, 0) is 49.9 Å². The molecule has 1 amide bonds. The average Bonchev–Trinajstić information content (AvgIpc) is 2.61. The lowest BCUT2D eigenvalue weighted by molar-refractivity contribution is -0.130. The van der Waals surface area contributed by atoms with E-state index in [2.05, 4.69) is 11.4 Å². The van der Waals surface area contributed by atoms with Crippen LogP contribution in [0.15, 0.2) is 53.4 Å². The number of benzene rings is 2. The van der Waals surface area contributed by atoms with E-state index in [4.69, 9.17) is 0 Å². The van der Waals surface area contributed by atoms with E-state index < -0.39 is 15.3 Å². The molecule has 2 aromatic rings. The second-order valence-electron chi connectivity index (χ2n) is 7.47. The summed E-state index contributed by atoms with van der Waals surface area (Å²) < 4.78 is 23.9. The van der Waals surface area contributed by atoms with Gasteiger partial charge in [0.15, 0.2) is 9.84 Å². The Morgan fingerprint density at radius 2 is 1.81 bits per heavy atom. The first-order valence-corrected chi connectivity index (χ1v) is 11.1. The van der Waals surface area contributed by atoms with Gasteiger partial charge in [0.25, 0.3) is 0 Å². The zero-order chi connectivity index (χ0) is 19.7. The van der Waals surface area contributed by atoms with Crippen LogP contribution in [0.3, 0.4) is 0 Å². The quantitative estimate of drug-likeness (QED) is 0.815. The van der Waals surface area contributed by atoms with Crippen LogP contribution in [0.25, 0.3) is 0 Å². The molecule has 0 aromatic heterocycles. The number of carbonyl (C=O) groups is 1. The fourth-order valence-corrected chi connectivity index (χ4v) is 4.55. The summed E-state index contributed by atoms with van der Waals surface area (Å²) in [6, 6.07) is 14.8. The second-order valence-corrected chi connectivity index (χ2v) is 9.75. The van der Waals surface area contributed by atoms with Gasteiger partial charge in [-0.2, -0.15) is 0 Å². The first-order valence-electron chi connectivity index (χ1n) is 9.49. The molecule has 0 aliphatic heterocycles. The fraction of sp³-hybridized carbons (Fsp3) is 0.409. The minimum absolute atomic E-state index is 0.0529. The Balaban J connectivity index is 1.77. The highest BCUT2D eigenvalue weighted by molar-refractivity contribution is 7.91. The monoisotopic (exact) mass is 385 g/mol. The highest BCUT2D eigenvalue weighted by Crippen LogP contribution is 2.44. The van der Waals surface area contributed by atoms with Gasteiger partial charge in [0, 0.05) is 0 Å². The molecule has 1 atom stereocenters. The Hall–Kier alpha value is -2.14. The maximum atomic E-state index is 13.1. The molecule has 1 aliphatic rings. The van der Waals surface area contributed by atoms with Gasteiger partial charge in [0.05, 0.1) is 22.1 Å². The molecule has 5 heteroatoms. The molecule has 0 heterocycles. The Kier molecular flexibility index (Phi) is 5.43. The Labute approximate surface area is 161 Å². The van der Waals surface area contributed by atoms with Crippen LogP contribution in [0.5, 0.6) is 0 Å². The van der Waals surface area contributed by atoms with Gasteiger partial charge in [-0.15, -0.1) is 0 Å². The summed E-state index contributed by atoms with van der Waals surface area (Å²) in [6.07, 6.45) is 2.78. The van der Waals surface area contributed by atoms with Gasteiger partial charge < -0.3 is 5.32 Å². The van der Waals surface area contributed by atoms with E-state index in [0.29, 0.717) is 4.90 Å².